The number of aromatic hydroxyl groups is 1. The SMILES string of the molecule is COC1(CNCc2cc(F)ccc2O)CCOC1. The van der Waals surface area contributed by atoms with Crippen molar-refractivity contribution >= 4 is 0 Å². The molecule has 2 rings (SSSR count). The van der Waals surface area contributed by atoms with Gasteiger partial charge < -0.3 is 19.9 Å². The van der Waals surface area contributed by atoms with Crippen LogP contribution in [0.1, 0.15) is 12.0 Å². The van der Waals surface area contributed by atoms with Gasteiger partial charge in [-0.15, -0.1) is 0 Å². The van der Waals surface area contributed by atoms with Crippen molar-refractivity contribution in [1.82, 2.24) is 5.32 Å². The lowest BCUT2D eigenvalue weighted by molar-refractivity contribution is -0.0159. The van der Waals surface area contributed by atoms with Crippen LogP contribution in [0.2, 0.25) is 0 Å². The molecule has 1 aliphatic heterocycles. The Morgan fingerprint density at radius 3 is 3.06 bits per heavy atom. The zero-order valence-electron chi connectivity index (χ0n) is 10.4. The van der Waals surface area contributed by atoms with Gasteiger partial charge in [0.15, 0.2) is 0 Å². The summed E-state index contributed by atoms with van der Waals surface area (Å²) in [6, 6.07) is 3.92. The van der Waals surface area contributed by atoms with Crippen molar-refractivity contribution in [3.05, 3.63) is 29.6 Å². The summed E-state index contributed by atoms with van der Waals surface area (Å²) in [5.41, 5.74) is 0.239. The summed E-state index contributed by atoms with van der Waals surface area (Å²) < 4.78 is 23.8. The quantitative estimate of drug-likeness (QED) is 0.835. The number of nitrogens with one attached hydrogen (secondary N) is 1. The van der Waals surface area contributed by atoms with E-state index < -0.39 is 0 Å². The van der Waals surface area contributed by atoms with Crippen LogP contribution >= 0.6 is 0 Å². The van der Waals surface area contributed by atoms with Crippen LogP contribution in [0, 0.1) is 5.82 Å². The number of phenolic OH excluding ortho intramolecular Hbond substituents is 1. The molecule has 5 heteroatoms. The Bertz CT molecular complexity index is 405. The molecule has 0 bridgehead atoms. The molecule has 18 heavy (non-hydrogen) atoms. The van der Waals surface area contributed by atoms with Gasteiger partial charge in [0.25, 0.3) is 0 Å². The van der Waals surface area contributed by atoms with E-state index in [-0.39, 0.29) is 17.2 Å². The van der Waals surface area contributed by atoms with Gasteiger partial charge in [-0.05, 0) is 18.2 Å². The maximum absolute atomic E-state index is 13.0. The smallest absolute Gasteiger partial charge is 0.123 e. The molecular weight excluding hydrogens is 237 g/mol. The molecule has 2 N–H and O–H groups in total. The molecule has 1 aromatic carbocycles. The van der Waals surface area contributed by atoms with Crippen LogP contribution in [0.4, 0.5) is 4.39 Å². The van der Waals surface area contributed by atoms with Gasteiger partial charge in [-0.2, -0.15) is 0 Å². The number of rotatable bonds is 5. The Morgan fingerprint density at radius 2 is 2.39 bits per heavy atom. The summed E-state index contributed by atoms with van der Waals surface area (Å²) in [4.78, 5) is 0. The van der Waals surface area contributed by atoms with E-state index in [2.05, 4.69) is 5.32 Å². The molecule has 1 unspecified atom stereocenters. The molecule has 1 aliphatic rings. The number of ether oxygens (including phenoxy) is 2. The van der Waals surface area contributed by atoms with E-state index in [9.17, 15) is 9.50 Å². The third-order valence-electron chi connectivity index (χ3n) is 3.30. The molecule has 0 spiro atoms. The van der Waals surface area contributed by atoms with E-state index in [1.165, 1.54) is 18.2 Å². The molecule has 0 aromatic heterocycles. The average molecular weight is 255 g/mol. The zero-order chi connectivity index (χ0) is 13.0. The molecule has 0 radical (unpaired) electrons. The van der Waals surface area contributed by atoms with Gasteiger partial charge in [-0.3, -0.25) is 0 Å². The summed E-state index contributed by atoms with van der Waals surface area (Å²) in [6.45, 7) is 2.26. The van der Waals surface area contributed by atoms with E-state index in [1.54, 1.807) is 7.11 Å². The predicted octanol–water partition coefficient (Wildman–Crippen LogP) is 1.43. The molecule has 4 nitrogen and oxygen atoms in total. The second-order valence-electron chi connectivity index (χ2n) is 4.57. The summed E-state index contributed by atoms with van der Waals surface area (Å²) in [6.07, 6.45) is 0.839. The highest BCUT2D eigenvalue weighted by atomic mass is 19.1. The second-order valence-corrected chi connectivity index (χ2v) is 4.57. The minimum Gasteiger partial charge on any atom is -0.508 e. The number of benzene rings is 1. The maximum Gasteiger partial charge on any atom is 0.123 e. The fourth-order valence-corrected chi connectivity index (χ4v) is 2.08. The highest BCUT2D eigenvalue weighted by molar-refractivity contribution is 5.32. The average Bonchev–Trinajstić information content (AvgIpc) is 2.83. The Hall–Kier alpha value is -1.17. The monoisotopic (exact) mass is 255 g/mol. The van der Waals surface area contributed by atoms with E-state index in [1.807, 2.05) is 0 Å². The topological polar surface area (TPSA) is 50.7 Å². The molecule has 0 aliphatic carbocycles. The lowest BCUT2D eigenvalue weighted by atomic mass is 10.0. The van der Waals surface area contributed by atoms with Gasteiger partial charge >= 0.3 is 0 Å². The fraction of sp³-hybridized carbons (Fsp3) is 0.538. The zero-order valence-corrected chi connectivity index (χ0v) is 10.4. The van der Waals surface area contributed by atoms with Crippen LogP contribution in [0.5, 0.6) is 5.75 Å². The predicted molar refractivity (Wildman–Crippen MR) is 64.9 cm³/mol. The Morgan fingerprint density at radius 1 is 1.56 bits per heavy atom. The van der Waals surface area contributed by atoms with Crippen LogP contribution < -0.4 is 5.32 Å². The van der Waals surface area contributed by atoms with Crippen LogP contribution in [-0.2, 0) is 16.0 Å². The third kappa shape index (κ3) is 2.98. The van der Waals surface area contributed by atoms with Crippen LogP contribution in [-0.4, -0.2) is 37.6 Å². The largest absolute Gasteiger partial charge is 0.508 e. The van der Waals surface area contributed by atoms with E-state index in [0.29, 0.717) is 31.9 Å². The maximum atomic E-state index is 13.0. The highest BCUT2D eigenvalue weighted by Crippen LogP contribution is 2.22. The first-order valence-corrected chi connectivity index (χ1v) is 5.96. The van der Waals surface area contributed by atoms with Gasteiger partial charge in [0.05, 0.1) is 6.61 Å². The van der Waals surface area contributed by atoms with Gasteiger partial charge in [0, 0.05) is 38.8 Å². The fourth-order valence-electron chi connectivity index (χ4n) is 2.08. The first-order valence-electron chi connectivity index (χ1n) is 5.96. The van der Waals surface area contributed by atoms with E-state index in [0.717, 1.165) is 6.42 Å². The normalized spacial score (nSPS) is 23.4. The van der Waals surface area contributed by atoms with Gasteiger partial charge in [-0.1, -0.05) is 0 Å². The van der Waals surface area contributed by atoms with Crippen LogP contribution in [0.25, 0.3) is 0 Å². The molecule has 1 saturated heterocycles. The van der Waals surface area contributed by atoms with Crippen molar-refractivity contribution in [3.8, 4) is 5.75 Å². The van der Waals surface area contributed by atoms with Gasteiger partial charge in [0.2, 0.25) is 0 Å². The summed E-state index contributed by atoms with van der Waals surface area (Å²) in [5.74, 6) is -0.256. The number of hydrogen-bond acceptors (Lipinski definition) is 4. The molecule has 1 fully saturated rings. The lowest BCUT2D eigenvalue weighted by Gasteiger charge is -2.26. The van der Waals surface area contributed by atoms with Crippen molar-refractivity contribution in [1.29, 1.82) is 0 Å². The molecule has 0 saturated carbocycles. The number of phenols is 1. The molecular formula is C13H18FNO3. The lowest BCUT2D eigenvalue weighted by Crippen LogP contribution is -2.42. The first-order chi connectivity index (χ1) is 8.65. The summed E-state index contributed by atoms with van der Waals surface area (Å²) in [5, 5.41) is 12.8. The van der Waals surface area contributed by atoms with E-state index >= 15 is 0 Å². The standard InChI is InChI=1S/C13H18FNO3/c1-17-13(4-5-18-9-13)8-15-7-10-6-11(14)2-3-12(10)16/h2-3,6,15-16H,4-5,7-9H2,1H3. The van der Waals surface area contributed by atoms with E-state index in [4.69, 9.17) is 9.47 Å². The van der Waals surface area contributed by atoms with Gasteiger partial charge in [0.1, 0.15) is 17.2 Å². The Kier molecular flexibility index (Phi) is 4.16. The highest BCUT2D eigenvalue weighted by Gasteiger charge is 2.34. The molecule has 1 aromatic rings. The van der Waals surface area contributed by atoms with Crippen LogP contribution in [0.15, 0.2) is 18.2 Å². The Labute approximate surface area is 106 Å². The van der Waals surface area contributed by atoms with Crippen molar-refractivity contribution in [3.63, 3.8) is 0 Å². The minimum atomic E-state index is -0.352. The van der Waals surface area contributed by atoms with Crippen molar-refractivity contribution in [2.75, 3.05) is 26.9 Å². The number of hydrogen-bond donors (Lipinski definition) is 2. The molecule has 100 valence electrons. The number of methoxy groups -OCH3 is 1. The van der Waals surface area contributed by atoms with Crippen molar-refractivity contribution in [2.24, 2.45) is 0 Å². The van der Waals surface area contributed by atoms with Crippen molar-refractivity contribution in [2.45, 2.75) is 18.6 Å². The van der Waals surface area contributed by atoms with Crippen LogP contribution in [0.3, 0.4) is 0 Å². The van der Waals surface area contributed by atoms with Gasteiger partial charge in [-0.25, -0.2) is 4.39 Å². The minimum absolute atomic E-state index is 0.0954. The molecule has 1 heterocycles. The molecule has 1 atom stereocenters. The second kappa shape index (κ2) is 5.65. The first kappa shape index (κ1) is 13.3. The van der Waals surface area contributed by atoms with Crippen molar-refractivity contribution < 1.29 is 19.0 Å². The summed E-state index contributed by atoms with van der Waals surface area (Å²) in [7, 11) is 1.66. The molecule has 0 amide bonds. The number of halogens is 1. The third-order valence-corrected chi connectivity index (χ3v) is 3.30. The summed E-state index contributed by atoms with van der Waals surface area (Å²) >= 11 is 0. The Balaban J connectivity index is 1.89.